The molecule has 2 heterocycles. The van der Waals surface area contributed by atoms with Crippen molar-refractivity contribution in [3.8, 4) is 0 Å². The maximum Gasteiger partial charge on any atom is 0.253 e. The number of likely N-dealkylation sites (N-methyl/N-ethyl adjacent to an activating group) is 1. The second-order valence-corrected chi connectivity index (χ2v) is 12.0. The summed E-state index contributed by atoms with van der Waals surface area (Å²) in [7, 11) is -1.65. The number of nitrogens with one attached hydrogen (secondary N) is 1. The van der Waals surface area contributed by atoms with Gasteiger partial charge < -0.3 is 15.1 Å². The van der Waals surface area contributed by atoms with Crippen LogP contribution < -0.4 is 5.32 Å². The van der Waals surface area contributed by atoms with E-state index < -0.39 is 15.9 Å². The molecule has 2 amide bonds. The van der Waals surface area contributed by atoms with Gasteiger partial charge in [-0.25, -0.2) is 8.42 Å². The highest BCUT2D eigenvalue weighted by atomic mass is 32.2. The van der Waals surface area contributed by atoms with Crippen molar-refractivity contribution in [3.63, 3.8) is 0 Å². The number of sulfonamides is 1. The summed E-state index contributed by atoms with van der Waals surface area (Å²) in [4.78, 5) is 30.2. The van der Waals surface area contributed by atoms with E-state index in [-0.39, 0.29) is 18.4 Å². The van der Waals surface area contributed by atoms with Gasteiger partial charge in [-0.2, -0.15) is 4.31 Å². The standard InChI is InChI=1S/C27H36N4O4S/c1-19-16-20(2)25(21(3)17-19)36(34,35)31-11-5-6-23(18-31)26(32)28-24-9-7-22(8-10-24)27(33)30-14-12-29(4)13-15-30/h7-10,16-17,23H,5-6,11-15,18H2,1-4H3,(H,28,32). The minimum Gasteiger partial charge on any atom is -0.336 e. The first-order valence-electron chi connectivity index (χ1n) is 12.5. The van der Waals surface area contributed by atoms with E-state index in [2.05, 4.69) is 10.2 Å². The molecule has 2 aliphatic heterocycles. The third-order valence-electron chi connectivity index (χ3n) is 7.15. The van der Waals surface area contributed by atoms with Crippen LogP contribution in [0.1, 0.15) is 39.9 Å². The van der Waals surface area contributed by atoms with Crippen molar-refractivity contribution in [1.82, 2.24) is 14.1 Å². The maximum atomic E-state index is 13.5. The van der Waals surface area contributed by atoms with Gasteiger partial charge >= 0.3 is 0 Å². The third kappa shape index (κ3) is 5.63. The smallest absolute Gasteiger partial charge is 0.253 e. The Morgan fingerprint density at radius 1 is 0.917 bits per heavy atom. The number of nitrogens with zero attached hydrogens (tertiary/aromatic N) is 3. The molecule has 8 nitrogen and oxygen atoms in total. The molecule has 0 saturated carbocycles. The largest absolute Gasteiger partial charge is 0.336 e. The number of amides is 2. The summed E-state index contributed by atoms with van der Waals surface area (Å²) in [5, 5.41) is 2.91. The van der Waals surface area contributed by atoms with Gasteiger partial charge in [0.25, 0.3) is 5.91 Å². The Morgan fingerprint density at radius 2 is 1.53 bits per heavy atom. The molecule has 9 heteroatoms. The number of carbonyl (C=O) groups is 2. The van der Waals surface area contributed by atoms with Crippen LogP contribution in [0.15, 0.2) is 41.3 Å². The number of piperidine rings is 1. The number of rotatable bonds is 5. The lowest BCUT2D eigenvalue weighted by Crippen LogP contribution is -2.47. The van der Waals surface area contributed by atoms with Crippen LogP contribution in [-0.4, -0.2) is 80.7 Å². The minimum atomic E-state index is -3.70. The van der Waals surface area contributed by atoms with Gasteiger partial charge in [0.05, 0.1) is 10.8 Å². The van der Waals surface area contributed by atoms with Crippen molar-refractivity contribution in [1.29, 1.82) is 0 Å². The monoisotopic (exact) mass is 512 g/mol. The predicted molar refractivity (Wildman–Crippen MR) is 141 cm³/mol. The number of anilines is 1. The van der Waals surface area contributed by atoms with E-state index in [1.165, 1.54) is 4.31 Å². The van der Waals surface area contributed by atoms with E-state index in [1.54, 1.807) is 24.3 Å². The van der Waals surface area contributed by atoms with Crippen LogP contribution in [0.2, 0.25) is 0 Å². The lowest BCUT2D eigenvalue weighted by molar-refractivity contribution is -0.120. The Hall–Kier alpha value is -2.75. The van der Waals surface area contributed by atoms with E-state index >= 15 is 0 Å². The van der Waals surface area contributed by atoms with Gasteiger partial charge in [-0.05, 0) is 76.1 Å². The minimum absolute atomic E-state index is 0.00389. The Balaban J connectivity index is 1.40. The summed E-state index contributed by atoms with van der Waals surface area (Å²) in [6.07, 6.45) is 1.25. The fourth-order valence-corrected chi connectivity index (χ4v) is 7.15. The van der Waals surface area contributed by atoms with Crippen molar-refractivity contribution >= 4 is 27.5 Å². The summed E-state index contributed by atoms with van der Waals surface area (Å²) in [6.45, 7) is 9.27. The molecule has 0 aliphatic carbocycles. The summed E-state index contributed by atoms with van der Waals surface area (Å²) < 4.78 is 28.4. The highest BCUT2D eigenvalue weighted by Gasteiger charge is 2.35. The molecule has 2 aliphatic rings. The van der Waals surface area contributed by atoms with Crippen LogP contribution in [0, 0.1) is 26.7 Å². The normalized spacial score (nSPS) is 19.8. The van der Waals surface area contributed by atoms with Crippen molar-refractivity contribution in [3.05, 3.63) is 58.7 Å². The zero-order valence-corrected chi connectivity index (χ0v) is 22.4. The first-order chi connectivity index (χ1) is 17.1. The molecule has 194 valence electrons. The number of aryl methyl sites for hydroxylation is 3. The molecular weight excluding hydrogens is 476 g/mol. The van der Waals surface area contributed by atoms with Gasteiger partial charge in [0.15, 0.2) is 0 Å². The second kappa shape index (κ2) is 10.7. The number of hydrogen-bond acceptors (Lipinski definition) is 5. The maximum absolute atomic E-state index is 13.5. The van der Waals surface area contributed by atoms with Crippen LogP contribution >= 0.6 is 0 Å². The molecule has 0 spiro atoms. The van der Waals surface area contributed by atoms with Gasteiger partial charge in [0.1, 0.15) is 0 Å². The van der Waals surface area contributed by atoms with Crippen molar-refractivity contribution in [2.75, 3.05) is 51.6 Å². The highest BCUT2D eigenvalue weighted by molar-refractivity contribution is 7.89. The van der Waals surface area contributed by atoms with Gasteiger partial charge in [-0.3, -0.25) is 9.59 Å². The first kappa shape index (κ1) is 26.3. The van der Waals surface area contributed by atoms with Gasteiger partial charge in [-0.15, -0.1) is 0 Å². The molecule has 1 atom stereocenters. The summed E-state index contributed by atoms with van der Waals surface area (Å²) >= 11 is 0. The molecule has 2 saturated heterocycles. The van der Waals surface area contributed by atoms with E-state index in [9.17, 15) is 18.0 Å². The molecule has 36 heavy (non-hydrogen) atoms. The zero-order valence-electron chi connectivity index (χ0n) is 21.6. The summed E-state index contributed by atoms with van der Waals surface area (Å²) in [5.41, 5.74) is 3.67. The van der Waals surface area contributed by atoms with E-state index in [4.69, 9.17) is 0 Å². The zero-order chi connectivity index (χ0) is 26.0. The fourth-order valence-electron chi connectivity index (χ4n) is 5.21. The molecule has 2 fully saturated rings. The SMILES string of the molecule is Cc1cc(C)c(S(=O)(=O)N2CCCC(C(=O)Nc3ccc(C(=O)N4CCN(C)CC4)cc3)C2)c(C)c1. The van der Waals surface area contributed by atoms with Gasteiger partial charge in [0, 0.05) is 50.5 Å². The Morgan fingerprint density at radius 3 is 2.14 bits per heavy atom. The van der Waals surface area contributed by atoms with Crippen molar-refractivity contribution < 1.29 is 18.0 Å². The molecule has 1 N–H and O–H groups in total. The average Bonchev–Trinajstić information content (AvgIpc) is 2.84. The summed E-state index contributed by atoms with van der Waals surface area (Å²) in [5.74, 6) is -0.646. The lowest BCUT2D eigenvalue weighted by Gasteiger charge is -2.32. The molecule has 1 unspecified atom stereocenters. The van der Waals surface area contributed by atoms with Crippen LogP contribution in [0.5, 0.6) is 0 Å². The van der Waals surface area contributed by atoms with Gasteiger partial charge in [-0.1, -0.05) is 17.7 Å². The molecule has 0 radical (unpaired) electrons. The molecular formula is C27H36N4O4S. The highest BCUT2D eigenvalue weighted by Crippen LogP contribution is 2.29. The lowest BCUT2D eigenvalue weighted by atomic mass is 9.98. The van der Waals surface area contributed by atoms with E-state index in [0.717, 1.165) is 29.8 Å². The van der Waals surface area contributed by atoms with Gasteiger partial charge in [0.2, 0.25) is 15.9 Å². The molecule has 0 aromatic heterocycles. The second-order valence-electron chi connectivity index (χ2n) is 10.1. The van der Waals surface area contributed by atoms with E-state index in [1.807, 2.05) is 44.9 Å². The number of benzene rings is 2. The van der Waals surface area contributed by atoms with Crippen LogP contribution in [-0.2, 0) is 14.8 Å². The first-order valence-corrected chi connectivity index (χ1v) is 14.0. The molecule has 2 aromatic carbocycles. The molecule has 2 aromatic rings. The number of hydrogen-bond donors (Lipinski definition) is 1. The number of piperazine rings is 1. The topological polar surface area (TPSA) is 90.0 Å². The quantitative estimate of drug-likeness (QED) is 0.665. The molecule has 0 bridgehead atoms. The third-order valence-corrected chi connectivity index (χ3v) is 9.32. The predicted octanol–water partition coefficient (Wildman–Crippen LogP) is 3.04. The van der Waals surface area contributed by atoms with E-state index in [0.29, 0.717) is 48.6 Å². The fraction of sp³-hybridized carbons (Fsp3) is 0.481. The van der Waals surface area contributed by atoms with Crippen LogP contribution in [0.4, 0.5) is 5.69 Å². The van der Waals surface area contributed by atoms with Crippen molar-refractivity contribution in [2.45, 2.75) is 38.5 Å². The Bertz CT molecular complexity index is 1210. The Kier molecular flexibility index (Phi) is 7.82. The number of carbonyl (C=O) groups excluding carboxylic acids is 2. The van der Waals surface area contributed by atoms with Crippen molar-refractivity contribution in [2.24, 2.45) is 5.92 Å². The van der Waals surface area contributed by atoms with Crippen LogP contribution in [0.3, 0.4) is 0 Å². The van der Waals surface area contributed by atoms with Crippen LogP contribution in [0.25, 0.3) is 0 Å². The summed E-state index contributed by atoms with van der Waals surface area (Å²) in [6, 6.07) is 10.7. The Labute approximate surface area is 214 Å². The average molecular weight is 513 g/mol. The molecule has 4 rings (SSSR count).